The first-order valence-electron chi connectivity index (χ1n) is 34.0. The minimum atomic E-state index is -2.04. The van der Waals surface area contributed by atoms with Crippen LogP contribution in [-0.4, -0.2) is 226 Å². The Morgan fingerprint density at radius 3 is 1.95 bits per heavy atom. The third-order valence-corrected chi connectivity index (χ3v) is 17.9. The number of carbonyl (C=O) groups excluding carboxylic acids is 5. The van der Waals surface area contributed by atoms with Crippen LogP contribution >= 0.6 is 0 Å². The number of Topliss-reactive ketones (excluding diaryl/α,β-unsaturated/α-hetero) is 1. The number of aliphatic hydroxyl groups excluding tert-OH is 6. The Labute approximate surface area is 605 Å². The van der Waals surface area contributed by atoms with E-state index in [1.807, 2.05) is 26.3 Å². The predicted molar refractivity (Wildman–Crippen MR) is 388 cm³/mol. The summed E-state index contributed by atoms with van der Waals surface area (Å²) < 4.78 is 23.6. The molecule has 11 atom stereocenters. The first-order chi connectivity index (χ1) is 49.4. The zero-order valence-electron chi connectivity index (χ0n) is 61.3. The van der Waals surface area contributed by atoms with E-state index in [4.69, 9.17) is 50.9 Å². The van der Waals surface area contributed by atoms with Crippen LogP contribution in [0.1, 0.15) is 134 Å². The van der Waals surface area contributed by atoms with Crippen molar-refractivity contribution >= 4 is 52.1 Å². The van der Waals surface area contributed by atoms with E-state index in [2.05, 4.69) is 45.9 Å². The lowest BCUT2D eigenvalue weighted by atomic mass is 9.78. The number of methoxy groups -OCH3 is 1. The number of nitrogens with two attached hydrogens (primary N) is 2. The second-order valence-corrected chi connectivity index (χ2v) is 25.3. The number of rotatable bonds is 17. The average molecular weight is 1460 g/mol. The Balaban J connectivity index is 0.000000401. The zero-order chi connectivity index (χ0) is 77.7. The number of hydrazone groups is 1. The summed E-state index contributed by atoms with van der Waals surface area (Å²) in [4.78, 5) is 78.6. The van der Waals surface area contributed by atoms with Gasteiger partial charge < -0.3 is 96.6 Å². The Kier molecular flexibility index (Phi) is 35.5. The number of hydrogen-bond donors (Lipinski definition) is 16. The summed E-state index contributed by atoms with van der Waals surface area (Å²) in [7, 11) is 3.42. The SMILES string of the molecule is CC[C@@H](CO)NCCN[C@@H](CC)CO.CO[C@H]1/C=C/O[C@@]2(C)Oc3c(C)c(O)c4c(O)c(c(/C=N\N5CCN(C)CC5)c(O)c4c3C2=O)NC(=O)/C(C)=C\C=C\[C@H](C)[C@H](O)[C@@H](C)[C@@H](O)[C@H](C)[C@H](OC(C)=O)[C@@H]1C.Cc1ncc(CO)c(CO)c1O.NC(=O)c1cnccn1.NNC(=O)c1ccncc1. The fraction of sp³-hybridized carbons (Fsp3) is 0.500. The van der Waals surface area contributed by atoms with Crippen LogP contribution in [0.2, 0.25) is 0 Å². The van der Waals surface area contributed by atoms with E-state index in [0.717, 1.165) is 39.0 Å². The minimum Gasteiger partial charge on any atom is -0.507 e. The predicted octanol–water partition coefficient (Wildman–Crippen LogP) is 3.38. The first kappa shape index (κ1) is 87.1. The van der Waals surface area contributed by atoms with Crippen molar-refractivity contribution in [3.8, 4) is 28.7 Å². The van der Waals surface area contributed by atoms with Gasteiger partial charge in [0, 0.05) is 160 Å². The number of carbonyl (C=O) groups is 5. The van der Waals surface area contributed by atoms with Crippen LogP contribution in [0.3, 0.4) is 0 Å². The van der Waals surface area contributed by atoms with Crippen LogP contribution in [-0.2, 0) is 37.0 Å². The van der Waals surface area contributed by atoms with E-state index in [1.165, 1.54) is 96.6 Å². The number of pyridine rings is 2. The molecule has 0 unspecified atom stereocenters. The Hall–Kier alpha value is -9.32. The monoisotopic (exact) mass is 1460 g/mol. The number of benzene rings is 2. The number of anilines is 1. The van der Waals surface area contributed by atoms with Crippen molar-refractivity contribution in [2.75, 3.05) is 72.0 Å². The third-order valence-electron chi connectivity index (χ3n) is 17.9. The van der Waals surface area contributed by atoms with Crippen molar-refractivity contribution < 1.29 is 94.0 Å². The molecule has 2 aromatic carbocycles. The largest absolute Gasteiger partial charge is 0.507 e. The second-order valence-electron chi connectivity index (χ2n) is 25.3. The number of phenolic OH excluding ortho intramolecular Hbond substituents is 3. The zero-order valence-corrected chi connectivity index (χ0v) is 61.3. The maximum Gasteiger partial charge on any atom is 0.312 e. The molecule has 5 bridgehead atoms. The van der Waals surface area contributed by atoms with Gasteiger partial charge in [0.05, 0.1) is 91.3 Å². The van der Waals surface area contributed by atoms with Crippen molar-refractivity contribution in [2.24, 2.45) is 40.3 Å². The molecule has 104 heavy (non-hydrogen) atoms. The average Bonchev–Trinajstić information content (AvgIpc) is 1.49. The first-order valence-corrected chi connectivity index (χ1v) is 34.0. The number of aliphatic hydroxyl groups is 6. The number of primary amides is 1. The van der Waals surface area contributed by atoms with Gasteiger partial charge in [-0.15, -0.1) is 0 Å². The fourth-order valence-corrected chi connectivity index (χ4v) is 11.2. The van der Waals surface area contributed by atoms with E-state index in [1.54, 1.807) is 63.9 Å². The molecule has 3 aromatic heterocycles. The number of nitrogens with zero attached hydrogens (tertiary/aromatic N) is 7. The Bertz CT molecular complexity index is 3730. The molecule has 32 nitrogen and oxygen atoms in total. The number of nitrogens with one attached hydrogen (secondary N) is 4. The lowest BCUT2D eigenvalue weighted by Gasteiger charge is -2.38. The second kappa shape index (κ2) is 42.4. The number of ketones is 1. The molecule has 32 heteroatoms. The summed E-state index contributed by atoms with van der Waals surface area (Å²) in [6, 6.07) is 3.57. The number of likely N-dealkylation sites (N-methyl/N-ethyl adjacent to an activating group) is 1. The number of amides is 3. The Morgan fingerprint density at radius 2 is 1.43 bits per heavy atom. The summed E-state index contributed by atoms with van der Waals surface area (Å²) >= 11 is 0. The number of fused-ring (bicyclic) bond motifs is 14. The standard InChI is InChI=1S/C43H58N4O12.C10H24N2O2.C8H11NO3.C6H7N3O.C5H5N3O/c1-21-12-11-13-22(2)42(55)45-33-28(20-44-47-17-15-46(9)16-18-47)37(52)30-31(38(33)53)36(51)26(6)40-32(30)41(54)43(8,59-40)57-19-14-29(56-10)23(3)39(58-27(7)48)25(5)35(50)24(4)34(21)49;1-3-9(7-13)11-5-6-12-10(4-2)8-14;1-5-8(12)7(4-11)6(3-10)2-9-5;7-9-6(10)5-1-3-8-4-2-5;6-5(9)4-3-7-1-2-8-4/h11-14,19-21,23-25,29,34-35,39,49-53H,15-18H2,1-10H3,(H,45,55);9-14H,3-8H2,1-2H3;2,10-12H,3-4H2,1H3;1-4H,7H2,(H,9,10);1-3H,(H2,6,9)/b12-11+,19-14+,22-13-,44-20-;;;;/t21-,23+,24+,25-,29-,34-,35+,39+,43-;9-,10-;;;/m00.../s1. The summed E-state index contributed by atoms with van der Waals surface area (Å²) in [6.45, 7) is 22.3. The number of hydrogen-bond acceptors (Lipinski definition) is 29. The van der Waals surface area contributed by atoms with E-state index in [0.29, 0.717) is 35.5 Å². The van der Waals surface area contributed by atoms with Gasteiger partial charge in [0.15, 0.2) is 5.75 Å². The van der Waals surface area contributed by atoms with Gasteiger partial charge in [-0.1, -0.05) is 59.8 Å². The molecule has 572 valence electrons. The molecule has 3 amide bonds. The van der Waals surface area contributed by atoms with Crippen molar-refractivity contribution in [1.29, 1.82) is 0 Å². The van der Waals surface area contributed by atoms with Crippen molar-refractivity contribution in [3.05, 3.63) is 130 Å². The van der Waals surface area contributed by atoms with Crippen LogP contribution in [0.25, 0.3) is 10.8 Å². The van der Waals surface area contributed by atoms with Crippen LogP contribution in [0.15, 0.2) is 90.6 Å². The lowest BCUT2D eigenvalue weighted by molar-refractivity contribution is -0.160. The summed E-state index contributed by atoms with van der Waals surface area (Å²) in [6.07, 6.45) is 15.5. The van der Waals surface area contributed by atoms with Gasteiger partial charge >= 0.3 is 11.8 Å². The molecule has 18 N–H and O–H groups in total. The maximum absolute atomic E-state index is 14.4. The van der Waals surface area contributed by atoms with Gasteiger partial charge in [0.2, 0.25) is 0 Å². The molecule has 1 saturated heterocycles. The van der Waals surface area contributed by atoms with E-state index < -0.39 is 94.7 Å². The third kappa shape index (κ3) is 23.6. The number of piperazine rings is 1. The van der Waals surface area contributed by atoms with Crippen LogP contribution < -0.4 is 37.7 Å². The number of phenols is 3. The van der Waals surface area contributed by atoms with Crippen molar-refractivity contribution in [3.63, 3.8) is 0 Å². The minimum absolute atomic E-state index is 0.0379. The molecule has 0 aliphatic carbocycles. The molecular weight excluding hydrogens is 1350 g/mol. The highest BCUT2D eigenvalue weighted by molar-refractivity contribution is 6.24. The van der Waals surface area contributed by atoms with Gasteiger partial charge in [0.1, 0.15) is 34.8 Å². The molecule has 7 heterocycles. The molecule has 9 rings (SSSR count). The number of aromatic hydroxyl groups is 4. The number of aromatic nitrogens is 4. The lowest BCUT2D eigenvalue weighted by Crippen LogP contribution is -2.46. The van der Waals surface area contributed by atoms with Gasteiger partial charge in [-0.2, -0.15) is 5.10 Å². The van der Waals surface area contributed by atoms with Gasteiger partial charge in [-0.25, -0.2) is 10.8 Å². The molecular formula is C72H105N13O19. The maximum atomic E-state index is 14.4. The Morgan fingerprint density at radius 1 is 0.808 bits per heavy atom. The van der Waals surface area contributed by atoms with E-state index in [9.17, 15) is 54.6 Å². The summed E-state index contributed by atoms with van der Waals surface area (Å²) in [5.41, 5.74) is 8.51. The smallest absolute Gasteiger partial charge is 0.312 e. The number of aryl methyl sites for hydroxylation is 1. The number of ether oxygens (including phenoxy) is 4. The van der Waals surface area contributed by atoms with E-state index in [-0.39, 0.29) is 100 Å². The number of nitrogen functional groups attached to an aromatic ring is 1. The van der Waals surface area contributed by atoms with Gasteiger partial charge in [-0.3, -0.25) is 49.4 Å². The normalized spacial score (nSPS) is 23.1. The highest BCUT2D eigenvalue weighted by Crippen LogP contribution is 2.55. The van der Waals surface area contributed by atoms with E-state index >= 15 is 0 Å². The van der Waals surface area contributed by atoms with Crippen LogP contribution in [0, 0.1) is 37.5 Å². The molecule has 5 aromatic rings. The number of esters is 1. The molecule has 1 fully saturated rings. The fourth-order valence-electron chi connectivity index (χ4n) is 11.2. The topological polar surface area (TPSA) is 495 Å². The molecule has 0 saturated carbocycles. The molecule has 4 aliphatic rings. The van der Waals surface area contributed by atoms with Crippen LogP contribution in [0.5, 0.6) is 28.7 Å². The number of allylic oxidation sites excluding steroid dienone is 2. The van der Waals surface area contributed by atoms with Gasteiger partial charge in [0.25, 0.3) is 23.5 Å². The molecule has 0 radical (unpaired) electrons. The van der Waals surface area contributed by atoms with Gasteiger partial charge in [-0.05, 0) is 58.9 Å². The number of hydrazine groups is 1. The molecule has 4 aliphatic heterocycles. The van der Waals surface area contributed by atoms with Crippen molar-refractivity contribution in [1.82, 2.24) is 45.9 Å². The highest BCUT2D eigenvalue weighted by Gasteiger charge is 2.50. The highest BCUT2D eigenvalue weighted by atomic mass is 16.7. The summed E-state index contributed by atoms with van der Waals surface area (Å²) in [5.74, 6) is -4.35. The quantitative estimate of drug-likeness (QED) is 0.00927. The van der Waals surface area contributed by atoms with Crippen LogP contribution in [0.4, 0.5) is 5.69 Å². The van der Waals surface area contributed by atoms with Crippen molar-refractivity contribution in [2.45, 2.75) is 145 Å². The summed E-state index contributed by atoms with van der Waals surface area (Å²) in [5, 5.41) is 118. The molecule has 0 spiro atoms.